The molecule has 0 bridgehead atoms. The lowest BCUT2D eigenvalue weighted by molar-refractivity contribution is -0.143. The van der Waals surface area contributed by atoms with Gasteiger partial charge in [-0.1, -0.05) is 12.1 Å². The molecule has 1 rings (SSSR count). The van der Waals surface area contributed by atoms with Crippen molar-refractivity contribution in [1.29, 1.82) is 0 Å². The van der Waals surface area contributed by atoms with Crippen LogP contribution in [0.2, 0.25) is 0 Å². The van der Waals surface area contributed by atoms with Crippen LogP contribution in [0.25, 0.3) is 0 Å². The smallest absolute Gasteiger partial charge is 0.305 e. The van der Waals surface area contributed by atoms with Crippen LogP contribution in [0.15, 0.2) is 28.1 Å². The SMILES string of the molecule is CCOC(=O)CCCNC(=NC)NCc1ccc(S(C)(=O)=O)c(C)c1. The van der Waals surface area contributed by atoms with E-state index in [1.54, 1.807) is 33.0 Å². The summed E-state index contributed by atoms with van der Waals surface area (Å²) in [6, 6.07) is 5.25. The van der Waals surface area contributed by atoms with Crippen LogP contribution in [0.1, 0.15) is 30.9 Å². The van der Waals surface area contributed by atoms with Gasteiger partial charge in [0.15, 0.2) is 15.8 Å². The molecule has 25 heavy (non-hydrogen) atoms. The zero-order valence-corrected chi connectivity index (χ0v) is 16.1. The number of aryl methyl sites for hydroxylation is 1. The van der Waals surface area contributed by atoms with E-state index in [4.69, 9.17) is 4.74 Å². The third kappa shape index (κ3) is 7.55. The summed E-state index contributed by atoms with van der Waals surface area (Å²) >= 11 is 0. The molecule has 0 spiro atoms. The fourth-order valence-electron chi connectivity index (χ4n) is 2.32. The number of hydrogen-bond donors (Lipinski definition) is 2. The van der Waals surface area contributed by atoms with Gasteiger partial charge in [0.1, 0.15) is 0 Å². The number of guanidine groups is 1. The van der Waals surface area contributed by atoms with E-state index in [0.29, 0.717) is 43.4 Å². The number of aliphatic imine (C=N–C) groups is 1. The normalized spacial score (nSPS) is 11.9. The van der Waals surface area contributed by atoms with Crippen LogP contribution in [0, 0.1) is 6.92 Å². The van der Waals surface area contributed by atoms with Gasteiger partial charge in [-0.25, -0.2) is 8.42 Å². The van der Waals surface area contributed by atoms with Gasteiger partial charge in [-0.15, -0.1) is 0 Å². The van der Waals surface area contributed by atoms with Gasteiger partial charge in [0, 0.05) is 32.8 Å². The maximum atomic E-state index is 11.6. The molecule has 7 nitrogen and oxygen atoms in total. The number of ether oxygens (including phenoxy) is 1. The van der Waals surface area contributed by atoms with Gasteiger partial charge in [0.2, 0.25) is 0 Å². The predicted molar refractivity (Wildman–Crippen MR) is 98.4 cm³/mol. The zero-order chi connectivity index (χ0) is 18.9. The van der Waals surface area contributed by atoms with Crippen LogP contribution in [-0.2, 0) is 25.9 Å². The van der Waals surface area contributed by atoms with Crippen molar-refractivity contribution in [2.24, 2.45) is 4.99 Å². The third-order valence-electron chi connectivity index (χ3n) is 3.48. The third-order valence-corrected chi connectivity index (χ3v) is 4.73. The number of benzene rings is 1. The van der Waals surface area contributed by atoms with Gasteiger partial charge in [-0.05, 0) is 37.5 Å². The Labute approximate surface area is 149 Å². The first-order chi connectivity index (χ1) is 11.8. The number of hydrogen-bond acceptors (Lipinski definition) is 5. The Hall–Kier alpha value is -2.09. The van der Waals surface area contributed by atoms with Crippen LogP contribution < -0.4 is 10.6 Å². The molecule has 0 saturated carbocycles. The quantitative estimate of drug-likeness (QED) is 0.311. The fraction of sp³-hybridized carbons (Fsp3) is 0.529. The van der Waals surface area contributed by atoms with E-state index in [-0.39, 0.29) is 5.97 Å². The van der Waals surface area contributed by atoms with Gasteiger partial charge in [0.05, 0.1) is 11.5 Å². The molecule has 1 aromatic carbocycles. The summed E-state index contributed by atoms with van der Waals surface area (Å²) in [4.78, 5) is 15.7. The summed E-state index contributed by atoms with van der Waals surface area (Å²) < 4.78 is 28.1. The van der Waals surface area contributed by atoms with Crippen molar-refractivity contribution in [2.45, 2.75) is 38.1 Å². The summed E-state index contributed by atoms with van der Waals surface area (Å²) in [5.41, 5.74) is 1.68. The summed E-state index contributed by atoms with van der Waals surface area (Å²) in [7, 11) is -1.54. The Morgan fingerprint density at radius 1 is 1.28 bits per heavy atom. The first-order valence-corrected chi connectivity index (χ1v) is 10.1. The summed E-state index contributed by atoms with van der Waals surface area (Å²) in [5, 5.41) is 6.28. The maximum absolute atomic E-state index is 11.6. The van der Waals surface area contributed by atoms with Crippen LogP contribution >= 0.6 is 0 Å². The number of nitrogens with one attached hydrogen (secondary N) is 2. The summed E-state index contributed by atoms with van der Waals surface area (Å²) in [6.07, 6.45) is 2.22. The molecule has 0 amide bonds. The molecule has 2 N–H and O–H groups in total. The monoisotopic (exact) mass is 369 g/mol. The van der Waals surface area contributed by atoms with Crippen molar-refractivity contribution in [3.8, 4) is 0 Å². The molecule has 0 aliphatic heterocycles. The number of carbonyl (C=O) groups is 1. The maximum Gasteiger partial charge on any atom is 0.305 e. The van der Waals surface area contributed by atoms with Gasteiger partial charge in [-0.2, -0.15) is 0 Å². The van der Waals surface area contributed by atoms with E-state index < -0.39 is 9.84 Å². The lowest BCUT2D eigenvalue weighted by Crippen LogP contribution is -2.37. The van der Waals surface area contributed by atoms with Gasteiger partial charge >= 0.3 is 5.97 Å². The van der Waals surface area contributed by atoms with E-state index >= 15 is 0 Å². The highest BCUT2D eigenvalue weighted by Crippen LogP contribution is 2.16. The Kier molecular flexibility index (Phi) is 8.40. The molecule has 0 fully saturated rings. The first-order valence-electron chi connectivity index (χ1n) is 8.17. The van der Waals surface area contributed by atoms with Gasteiger partial charge in [-0.3, -0.25) is 9.79 Å². The molecular formula is C17H27N3O4S. The van der Waals surface area contributed by atoms with Crippen LogP contribution in [0.4, 0.5) is 0 Å². The standard InChI is InChI=1S/C17H27N3O4S/c1-5-24-16(21)7-6-10-19-17(18-3)20-12-14-8-9-15(13(2)11-14)25(4,22)23/h8-9,11H,5-7,10,12H2,1-4H3,(H2,18,19,20). The van der Waals surface area contributed by atoms with Crippen molar-refractivity contribution in [3.05, 3.63) is 29.3 Å². The molecule has 0 saturated heterocycles. The Bertz CT molecular complexity index is 715. The van der Waals surface area contributed by atoms with Crippen LogP contribution in [-0.4, -0.2) is 46.8 Å². The minimum absolute atomic E-state index is 0.200. The molecule has 140 valence electrons. The number of sulfone groups is 1. The van der Waals surface area contributed by atoms with Crippen LogP contribution in [0.3, 0.4) is 0 Å². The zero-order valence-electron chi connectivity index (χ0n) is 15.3. The average Bonchev–Trinajstić information content (AvgIpc) is 2.53. The summed E-state index contributed by atoms with van der Waals surface area (Å²) in [6.45, 7) is 5.08. The minimum Gasteiger partial charge on any atom is -0.466 e. The second-order valence-electron chi connectivity index (χ2n) is 5.63. The largest absolute Gasteiger partial charge is 0.466 e. The van der Waals surface area contributed by atoms with Crippen LogP contribution in [0.5, 0.6) is 0 Å². The second-order valence-corrected chi connectivity index (χ2v) is 7.62. The first kappa shape index (κ1) is 21.0. The molecule has 0 heterocycles. The number of rotatable bonds is 8. The molecule has 0 aromatic heterocycles. The van der Waals surface area contributed by atoms with E-state index in [9.17, 15) is 13.2 Å². The highest BCUT2D eigenvalue weighted by atomic mass is 32.2. The minimum atomic E-state index is -3.21. The topological polar surface area (TPSA) is 96.9 Å². The molecule has 8 heteroatoms. The molecule has 1 aromatic rings. The highest BCUT2D eigenvalue weighted by Gasteiger charge is 2.11. The average molecular weight is 369 g/mol. The second kappa shape index (κ2) is 10.0. The Balaban J connectivity index is 2.47. The van der Waals surface area contributed by atoms with Gasteiger partial charge < -0.3 is 15.4 Å². The van der Waals surface area contributed by atoms with Crippen molar-refractivity contribution in [1.82, 2.24) is 10.6 Å². The molecule has 0 aliphatic rings. The van der Waals surface area contributed by atoms with E-state index in [1.807, 2.05) is 6.07 Å². The highest BCUT2D eigenvalue weighted by molar-refractivity contribution is 7.90. The molecule has 0 radical (unpaired) electrons. The van der Waals surface area contributed by atoms with Gasteiger partial charge in [0.25, 0.3) is 0 Å². The Morgan fingerprint density at radius 3 is 2.56 bits per heavy atom. The van der Waals surface area contributed by atoms with Crippen molar-refractivity contribution < 1.29 is 17.9 Å². The molecular weight excluding hydrogens is 342 g/mol. The molecule has 0 atom stereocenters. The number of esters is 1. The lowest BCUT2D eigenvalue weighted by atomic mass is 10.1. The van der Waals surface area contributed by atoms with Crippen molar-refractivity contribution >= 4 is 21.8 Å². The van der Waals surface area contributed by atoms with Crippen molar-refractivity contribution in [2.75, 3.05) is 26.5 Å². The van der Waals surface area contributed by atoms with E-state index in [1.165, 1.54) is 6.26 Å². The molecule has 0 unspecified atom stereocenters. The number of nitrogens with zero attached hydrogens (tertiary/aromatic N) is 1. The summed E-state index contributed by atoms with van der Waals surface area (Å²) in [5.74, 6) is 0.419. The number of carbonyl (C=O) groups excluding carboxylic acids is 1. The lowest BCUT2D eigenvalue weighted by Gasteiger charge is -2.13. The van der Waals surface area contributed by atoms with E-state index in [2.05, 4.69) is 15.6 Å². The fourth-order valence-corrected chi connectivity index (χ4v) is 3.28. The van der Waals surface area contributed by atoms with Crippen molar-refractivity contribution in [3.63, 3.8) is 0 Å². The van der Waals surface area contributed by atoms with E-state index in [0.717, 1.165) is 11.1 Å². The predicted octanol–water partition coefficient (Wildman–Crippen LogP) is 1.41. The Morgan fingerprint density at radius 2 is 2.00 bits per heavy atom. The molecule has 0 aliphatic carbocycles.